The first kappa shape index (κ1) is 25.1. The lowest BCUT2D eigenvalue weighted by Gasteiger charge is -2.37. The van der Waals surface area contributed by atoms with Crippen molar-refractivity contribution < 1.29 is 14.4 Å². The Bertz CT molecular complexity index is 1260. The summed E-state index contributed by atoms with van der Waals surface area (Å²) < 4.78 is 0. The van der Waals surface area contributed by atoms with E-state index in [2.05, 4.69) is 28.9 Å². The fourth-order valence-electron chi connectivity index (χ4n) is 5.26. The van der Waals surface area contributed by atoms with Crippen molar-refractivity contribution in [2.45, 2.75) is 45.7 Å². The first-order valence-electron chi connectivity index (χ1n) is 13.0. The Hall–Kier alpha value is -3.52. The molecule has 3 heterocycles. The molecule has 0 bridgehead atoms. The SMILES string of the molecule is CCCCN(Cc1ccccc1)C(=O)C1CCCN(c2cccc3c2C(=O)N(Cc2nccs2)C3=O)C1. The van der Waals surface area contributed by atoms with Crippen LogP contribution in [0.1, 0.15) is 63.9 Å². The molecular formula is C29H32N4O3S. The van der Waals surface area contributed by atoms with E-state index in [0.717, 1.165) is 55.0 Å². The van der Waals surface area contributed by atoms with Crippen LogP contribution in [0, 0.1) is 5.92 Å². The third kappa shape index (κ3) is 5.30. The van der Waals surface area contributed by atoms with Crippen molar-refractivity contribution in [2.24, 2.45) is 5.92 Å². The summed E-state index contributed by atoms with van der Waals surface area (Å²) in [5.41, 5.74) is 2.76. The molecule has 0 N–H and O–H groups in total. The summed E-state index contributed by atoms with van der Waals surface area (Å²) in [4.78, 5) is 49.9. The van der Waals surface area contributed by atoms with Crippen LogP contribution in [0.5, 0.6) is 0 Å². The number of rotatable bonds is 9. The number of benzene rings is 2. The van der Waals surface area contributed by atoms with Crippen molar-refractivity contribution in [1.82, 2.24) is 14.8 Å². The van der Waals surface area contributed by atoms with Gasteiger partial charge in [-0.25, -0.2) is 4.98 Å². The predicted molar refractivity (Wildman–Crippen MR) is 144 cm³/mol. The van der Waals surface area contributed by atoms with Gasteiger partial charge in [0.2, 0.25) is 5.91 Å². The van der Waals surface area contributed by atoms with Crippen LogP contribution in [-0.2, 0) is 17.9 Å². The quantitative estimate of drug-likeness (QED) is 0.375. The van der Waals surface area contributed by atoms with Gasteiger partial charge < -0.3 is 9.80 Å². The Kier molecular flexibility index (Phi) is 7.65. The lowest BCUT2D eigenvalue weighted by Crippen LogP contribution is -2.45. The second-order valence-corrected chi connectivity index (χ2v) is 10.7. The average Bonchev–Trinajstić information content (AvgIpc) is 3.54. The van der Waals surface area contributed by atoms with Gasteiger partial charge in [0.05, 0.1) is 29.3 Å². The van der Waals surface area contributed by atoms with E-state index < -0.39 is 0 Å². The lowest BCUT2D eigenvalue weighted by molar-refractivity contribution is -0.136. The standard InChI is InChI=1S/C29H32N4O3S/c1-2-3-15-32(18-21-9-5-4-6-10-21)27(34)22-11-8-16-31(19-22)24-13-7-12-23-26(24)29(36)33(28(23)35)20-25-30-14-17-37-25/h4-7,9-10,12-14,17,22H,2-3,8,11,15-16,18-20H2,1H3. The molecule has 2 aliphatic rings. The summed E-state index contributed by atoms with van der Waals surface area (Å²) in [6, 6.07) is 15.6. The highest BCUT2D eigenvalue weighted by molar-refractivity contribution is 7.09. The van der Waals surface area contributed by atoms with Crippen molar-refractivity contribution >= 4 is 34.7 Å². The summed E-state index contributed by atoms with van der Waals surface area (Å²) in [6.07, 6.45) is 5.35. The van der Waals surface area contributed by atoms with Gasteiger partial charge in [0, 0.05) is 37.8 Å². The molecule has 0 spiro atoms. The number of anilines is 1. The molecule has 37 heavy (non-hydrogen) atoms. The van der Waals surface area contributed by atoms with Crippen molar-refractivity contribution in [3.8, 4) is 0 Å². The summed E-state index contributed by atoms with van der Waals surface area (Å²) >= 11 is 1.43. The Labute approximate surface area is 221 Å². The highest BCUT2D eigenvalue weighted by Crippen LogP contribution is 2.35. The molecule has 0 aliphatic carbocycles. The van der Waals surface area contributed by atoms with Crippen LogP contribution < -0.4 is 4.90 Å². The number of fused-ring (bicyclic) bond motifs is 1. The zero-order valence-corrected chi connectivity index (χ0v) is 22.0. The van der Waals surface area contributed by atoms with Gasteiger partial charge in [0.25, 0.3) is 11.8 Å². The third-order valence-electron chi connectivity index (χ3n) is 7.17. The molecule has 3 amide bonds. The number of hydrogen-bond acceptors (Lipinski definition) is 6. The molecule has 1 aromatic heterocycles. The number of nitrogens with zero attached hydrogens (tertiary/aromatic N) is 4. The number of imide groups is 1. The molecule has 1 fully saturated rings. The highest BCUT2D eigenvalue weighted by Gasteiger charge is 2.40. The molecular weight excluding hydrogens is 484 g/mol. The van der Waals surface area contributed by atoms with Crippen LogP contribution in [0.2, 0.25) is 0 Å². The van der Waals surface area contributed by atoms with Crippen molar-refractivity contribution in [1.29, 1.82) is 0 Å². The van der Waals surface area contributed by atoms with Gasteiger partial charge in [-0.1, -0.05) is 49.7 Å². The van der Waals surface area contributed by atoms with E-state index in [-0.39, 0.29) is 30.2 Å². The van der Waals surface area contributed by atoms with E-state index in [0.29, 0.717) is 24.2 Å². The van der Waals surface area contributed by atoms with Gasteiger partial charge in [-0.3, -0.25) is 19.3 Å². The molecule has 0 saturated carbocycles. The van der Waals surface area contributed by atoms with Crippen molar-refractivity contribution in [3.63, 3.8) is 0 Å². The molecule has 3 aromatic rings. The molecule has 8 heteroatoms. The normalized spacial score (nSPS) is 17.3. The first-order valence-corrected chi connectivity index (χ1v) is 13.9. The number of aromatic nitrogens is 1. The molecule has 192 valence electrons. The summed E-state index contributed by atoms with van der Waals surface area (Å²) in [7, 11) is 0. The second kappa shape index (κ2) is 11.3. The Morgan fingerprint density at radius 3 is 2.70 bits per heavy atom. The van der Waals surface area contributed by atoms with Gasteiger partial charge in [-0.15, -0.1) is 11.3 Å². The van der Waals surface area contributed by atoms with E-state index in [4.69, 9.17) is 0 Å². The van der Waals surface area contributed by atoms with E-state index in [9.17, 15) is 14.4 Å². The van der Waals surface area contributed by atoms with E-state index in [1.54, 1.807) is 12.3 Å². The smallest absolute Gasteiger partial charge is 0.264 e. The molecule has 2 aliphatic heterocycles. The minimum atomic E-state index is -0.284. The van der Waals surface area contributed by atoms with Gasteiger partial charge in [-0.05, 0) is 37.0 Å². The van der Waals surface area contributed by atoms with Gasteiger partial charge in [-0.2, -0.15) is 0 Å². The zero-order valence-electron chi connectivity index (χ0n) is 21.1. The van der Waals surface area contributed by atoms with E-state index in [1.165, 1.54) is 16.2 Å². The van der Waals surface area contributed by atoms with Crippen LogP contribution in [0.3, 0.4) is 0 Å². The van der Waals surface area contributed by atoms with Crippen molar-refractivity contribution in [3.05, 3.63) is 81.8 Å². The number of unbranched alkanes of at least 4 members (excludes halogenated alkanes) is 1. The number of thiazole rings is 1. The first-order chi connectivity index (χ1) is 18.1. The maximum atomic E-state index is 13.7. The Morgan fingerprint density at radius 2 is 1.95 bits per heavy atom. The van der Waals surface area contributed by atoms with Gasteiger partial charge in [0.15, 0.2) is 0 Å². The molecule has 1 saturated heterocycles. The Morgan fingerprint density at radius 1 is 1.11 bits per heavy atom. The number of carbonyl (C=O) groups excluding carboxylic acids is 3. The van der Waals surface area contributed by atoms with Crippen LogP contribution in [0.4, 0.5) is 5.69 Å². The monoisotopic (exact) mass is 516 g/mol. The third-order valence-corrected chi connectivity index (χ3v) is 7.94. The number of piperidine rings is 1. The highest BCUT2D eigenvalue weighted by atomic mass is 32.1. The molecule has 1 unspecified atom stereocenters. The minimum absolute atomic E-state index is 0.149. The topological polar surface area (TPSA) is 73.8 Å². The number of hydrogen-bond donors (Lipinski definition) is 0. The lowest BCUT2D eigenvalue weighted by atomic mass is 9.94. The fraction of sp³-hybridized carbons (Fsp3) is 0.379. The summed E-state index contributed by atoms with van der Waals surface area (Å²) in [6.45, 7) is 4.95. The molecule has 5 rings (SSSR count). The van der Waals surface area contributed by atoms with Gasteiger partial charge >= 0.3 is 0 Å². The molecule has 2 aromatic carbocycles. The predicted octanol–water partition coefficient (Wildman–Crippen LogP) is 4.98. The summed E-state index contributed by atoms with van der Waals surface area (Å²) in [5, 5.41) is 2.57. The zero-order chi connectivity index (χ0) is 25.8. The molecule has 0 radical (unpaired) electrons. The van der Waals surface area contributed by atoms with Crippen LogP contribution >= 0.6 is 11.3 Å². The Balaban J connectivity index is 1.35. The van der Waals surface area contributed by atoms with E-state index >= 15 is 0 Å². The molecule has 1 atom stereocenters. The largest absolute Gasteiger partial charge is 0.370 e. The maximum Gasteiger partial charge on any atom is 0.264 e. The van der Waals surface area contributed by atoms with E-state index in [1.807, 2.05) is 40.6 Å². The summed E-state index contributed by atoms with van der Waals surface area (Å²) in [5.74, 6) is -0.547. The average molecular weight is 517 g/mol. The maximum absolute atomic E-state index is 13.7. The second-order valence-electron chi connectivity index (χ2n) is 9.71. The number of carbonyl (C=O) groups is 3. The van der Waals surface area contributed by atoms with Crippen LogP contribution in [-0.4, -0.2) is 52.1 Å². The van der Waals surface area contributed by atoms with Crippen LogP contribution in [0.15, 0.2) is 60.1 Å². The van der Waals surface area contributed by atoms with Crippen molar-refractivity contribution in [2.75, 3.05) is 24.5 Å². The fourth-order valence-corrected chi connectivity index (χ4v) is 5.87. The number of amides is 3. The van der Waals surface area contributed by atoms with Gasteiger partial charge in [0.1, 0.15) is 5.01 Å². The minimum Gasteiger partial charge on any atom is -0.370 e. The van der Waals surface area contributed by atoms with Crippen LogP contribution in [0.25, 0.3) is 0 Å². The molecule has 7 nitrogen and oxygen atoms in total.